The van der Waals surface area contributed by atoms with Gasteiger partial charge < -0.3 is 13.4 Å². The number of hydrogen-bond donors (Lipinski definition) is 0. The molecular formula is C39H22N2O2. The second-order valence-corrected chi connectivity index (χ2v) is 11.1. The lowest BCUT2D eigenvalue weighted by molar-refractivity contribution is 0.620. The van der Waals surface area contributed by atoms with Crippen LogP contribution >= 0.6 is 0 Å². The molecule has 0 aliphatic carbocycles. The summed E-state index contributed by atoms with van der Waals surface area (Å²) < 4.78 is 15.4. The third-order valence-corrected chi connectivity index (χ3v) is 8.81. The molecule has 0 aliphatic heterocycles. The summed E-state index contributed by atoms with van der Waals surface area (Å²) in [6.07, 6.45) is 0. The van der Waals surface area contributed by atoms with Gasteiger partial charge in [-0.15, -0.1) is 0 Å². The third-order valence-electron chi connectivity index (χ3n) is 8.81. The molecule has 3 aromatic heterocycles. The molecule has 0 saturated carbocycles. The topological polar surface area (TPSA) is 44.1 Å². The minimum absolute atomic E-state index is 0.592. The van der Waals surface area contributed by atoms with Crippen molar-refractivity contribution in [2.24, 2.45) is 0 Å². The van der Waals surface area contributed by atoms with Crippen molar-refractivity contribution in [3.05, 3.63) is 133 Å². The maximum absolute atomic E-state index is 6.85. The van der Waals surface area contributed by atoms with Gasteiger partial charge in [0.1, 0.15) is 11.1 Å². The van der Waals surface area contributed by atoms with E-state index in [4.69, 9.17) is 13.8 Å². The van der Waals surface area contributed by atoms with E-state index in [-0.39, 0.29) is 0 Å². The van der Waals surface area contributed by atoms with Crippen LogP contribution in [0.4, 0.5) is 0 Å². The number of aromatic nitrogens is 2. The van der Waals surface area contributed by atoms with Crippen molar-refractivity contribution in [1.82, 2.24) is 9.55 Å². The molecular weight excluding hydrogens is 528 g/mol. The molecule has 0 bridgehead atoms. The van der Waals surface area contributed by atoms with Gasteiger partial charge >= 0.3 is 0 Å². The lowest BCUT2D eigenvalue weighted by Crippen LogP contribution is -1.94. The van der Waals surface area contributed by atoms with E-state index in [2.05, 4.69) is 114 Å². The molecule has 4 heteroatoms. The highest BCUT2D eigenvalue weighted by Crippen LogP contribution is 2.44. The Hall–Kier alpha value is -5.87. The minimum atomic E-state index is 0.592. The summed E-state index contributed by atoms with van der Waals surface area (Å²) in [5.74, 6) is 0.592. The molecule has 0 aliphatic rings. The van der Waals surface area contributed by atoms with E-state index in [1.54, 1.807) is 0 Å². The summed E-state index contributed by atoms with van der Waals surface area (Å²) in [7, 11) is 0. The van der Waals surface area contributed by atoms with E-state index in [1.807, 2.05) is 24.3 Å². The van der Waals surface area contributed by atoms with E-state index < -0.39 is 0 Å². The van der Waals surface area contributed by atoms with Crippen molar-refractivity contribution >= 4 is 76.4 Å². The average molecular weight is 551 g/mol. The first-order chi connectivity index (χ1) is 21.3. The number of benzene rings is 7. The molecule has 10 aromatic rings. The zero-order chi connectivity index (χ0) is 28.1. The van der Waals surface area contributed by atoms with Gasteiger partial charge in [-0.3, -0.25) is 0 Å². The summed E-state index contributed by atoms with van der Waals surface area (Å²) in [5.41, 5.74) is 7.52. The van der Waals surface area contributed by atoms with Gasteiger partial charge in [-0.1, -0.05) is 97.1 Å². The number of oxazole rings is 1. The fourth-order valence-corrected chi connectivity index (χ4v) is 6.99. The highest BCUT2D eigenvalue weighted by Gasteiger charge is 2.22. The standard InChI is InChI=1S/C39H22N2O2/c1-2-11-24-23(10-1)20-21-32-36(24)27-14-5-7-17-31(27)41(32)33-18-9-15-28-37-26-13-4-3-12-25(26)29(22-35(37)42-38(28)33)39-40-30-16-6-8-19-34(30)43-39/h1-22H. The Balaban J connectivity index is 1.32. The van der Waals surface area contributed by atoms with Crippen LogP contribution in [0.2, 0.25) is 0 Å². The fraction of sp³-hybridized carbons (Fsp3) is 0. The quantitative estimate of drug-likeness (QED) is 0.215. The van der Waals surface area contributed by atoms with Gasteiger partial charge in [-0.05, 0) is 57.9 Å². The van der Waals surface area contributed by atoms with Crippen LogP contribution in [0.15, 0.2) is 142 Å². The molecule has 0 radical (unpaired) electrons. The maximum atomic E-state index is 6.85. The molecule has 0 spiro atoms. The Morgan fingerprint density at radius 3 is 2.14 bits per heavy atom. The maximum Gasteiger partial charge on any atom is 0.228 e. The normalized spacial score (nSPS) is 12.2. The van der Waals surface area contributed by atoms with Gasteiger partial charge in [0.2, 0.25) is 5.89 Å². The Morgan fingerprint density at radius 1 is 0.488 bits per heavy atom. The second-order valence-electron chi connectivity index (χ2n) is 11.1. The Morgan fingerprint density at radius 2 is 1.23 bits per heavy atom. The van der Waals surface area contributed by atoms with E-state index in [1.165, 1.54) is 21.5 Å². The van der Waals surface area contributed by atoms with E-state index in [9.17, 15) is 0 Å². The van der Waals surface area contributed by atoms with Crippen LogP contribution in [0.25, 0.3) is 93.5 Å². The Bertz CT molecular complexity index is 2710. The van der Waals surface area contributed by atoms with Crippen LogP contribution in [-0.4, -0.2) is 9.55 Å². The van der Waals surface area contributed by atoms with Crippen LogP contribution in [0.5, 0.6) is 0 Å². The first-order valence-corrected chi connectivity index (χ1v) is 14.5. The van der Waals surface area contributed by atoms with E-state index >= 15 is 0 Å². The van der Waals surface area contributed by atoms with E-state index in [0.29, 0.717) is 5.89 Å². The van der Waals surface area contributed by atoms with Crippen LogP contribution in [0.1, 0.15) is 0 Å². The van der Waals surface area contributed by atoms with Crippen molar-refractivity contribution in [3.63, 3.8) is 0 Å². The summed E-state index contributed by atoms with van der Waals surface area (Å²) in [6, 6.07) is 46.6. The van der Waals surface area contributed by atoms with Crippen molar-refractivity contribution in [1.29, 1.82) is 0 Å². The minimum Gasteiger partial charge on any atom is -0.454 e. The number of furan rings is 1. The zero-order valence-electron chi connectivity index (χ0n) is 22.9. The van der Waals surface area contributed by atoms with Crippen LogP contribution in [0.3, 0.4) is 0 Å². The molecule has 0 N–H and O–H groups in total. The number of para-hydroxylation sites is 4. The number of fused-ring (bicyclic) bond motifs is 11. The van der Waals surface area contributed by atoms with Gasteiger partial charge in [0.25, 0.3) is 0 Å². The van der Waals surface area contributed by atoms with Gasteiger partial charge in [-0.2, -0.15) is 0 Å². The summed E-state index contributed by atoms with van der Waals surface area (Å²) in [6.45, 7) is 0. The Kier molecular flexibility index (Phi) is 4.42. The molecule has 0 unspecified atom stereocenters. The molecule has 10 rings (SSSR count). The average Bonchev–Trinajstić information content (AvgIpc) is 3.76. The van der Waals surface area contributed by atoms with Gasteiger partial charge in [0, 0.05) is 27.1 Å². The largest absolute Gasteiger partial charge is 0.454 e. The molecule has 7 aromatic carbocycles. The second kappa shape index (κ2) is 8.34. The highest BCUT2D eigenvalue weighted by molar-refractivity contribution is 6.24. The summed E-state index contributed by atoms with van der Waals surface area (Å²) in [4.78, 5) is 4.83. The smallest absolute Gasteiger partial charge is 0.228 e. The fourth-order valence-electron chi connectivity index (χ4n) is 6.99. The van der Waals surface area contributed by atoms with Crippen molar-refractivity contribution in [3.8, 4) is 17.1 Å². The predicted octanol–water partition coefficient (Wildman–Crippen LogP) is 10.8. The summed E-state index contributed by atoms with van der Waals surface area (Å²) in [5, 5.41) is 9.34. The van der Waals surface area contributed by atoms with Crippen molar-refractivity contribution in [2.75, 3.05) is 0 Å². The third kappa shape index (κ3) is 3.07. The van der Waals surface area contributed by atoms with Crippen molar-refractivity contribution < 1.29 is 8.83 Å². The lowest BCUT2D eigenvalue weighted by Gasteiger charge is -2.09. The monoisotopic (exact) mass is 550 g/mol. The SMILES string of the molecule is c1ccc2c(c1)ccc1c2c2ccccc2n1-c1cccc2c1oc1cc(-c3nc4ccccc4o3)c3ccccc3c12. The Labute approximate surface area is 245 Å². The predicted molar refractivity (Wildman–Crippen MR) is 176 cm³/mol. The molecule has 200 valence electrons. The molecule has 4 nitrogen and oxygen atoms in total. The van der Waals surface area contributed by atoms with Crippen molar-refractivity contribution in [2.45, 2.75) is 0 Å². The highest BCUT2D eigenvalue weighted by atomic mass is 16.3. The van der Waals surface area contributed by atoms with Crippen LogP contribution in [-0.2, 0) is 0 Å². The molecule has 0 atom stereocenters. The molecule has 43 heavy (non-hydrogen) atoms. The van der Waals surface area contributed by atoms with Crippen LogP contribution < -0.4 is 0 Å². The molecule has 3 heterocycles. The number of nitrogens with zero attached hydrogens (tertiary/aromatic N) is 2. The van der Waals surface area contributed by atoms with E-state index in [0.717, 1.165) is 66.1 Å². The summed E-state index contributed by atoms with van der Waals surface area (Å²) >= 11 is 0. The first kappa shape index (κ1) is 22.8. The molecule has 0 fully saturated rings. The zero-order valence-corrected chi connectivity index (χ0v) is 22.9. The van der Waals surface area contributed by atoms with Crippen LogP contribution in [0, 0.1) is 0 Å². The van der Waals surface area contributed by atoms with Gasteiger partial charge in [-0.25, -0.2) is 4.98 Å². The van der Waals surface area contributed by atoms with Gasteiger partial charge in [0.15, 0.2) is 11.2 Å². The first-order valence-electron chi connectivity index (χ1n) is 14.5. The molecule has 0 saturated heterocycles. The molecule has 0 amide bonds. The number of rotatable bonds is 2. The number of hydrogen-bond acceptors (Lipinski definition) is 3. The lowest BCUT2D eigenvalue weighted by atomic mass is 9.99. The van der Waals surface area contributed by atoms with Gasteiger partial charge in [0.05, 0.1) is 16.7 Å².